The Bertz CT molecular complexity index is 728. The van der Waals surface area contributed by atoms with E-state index in [-0.39, 0.29) is 11.1 Å². The molecule has 0 fully saturated rings. The highest BCUT2D eigenvalue weighted by molar-refractivity contribution is 6.30. The first-order chi connectivity index (χ1) is 11.2. The average molecular weight is 340 g/mol. The molecule has 0 bridgehead atoms. The summed E-state index contributed by atoms with van der Waals surface area (Å²) in [5.74, 6) is -3.78. The zero-order chi connectivity index (χ0) is 17.9. The van der Waals surface area contributed by atoms with Crippen molar-refractivity contribution in [2.75, 3.05) is 0 Å². The van der Waals surface area contributed by atoms with Gasteiger partial charge < -0.3 is 0 Å². The maximum atomic E-state index is 12.9. The van der Waals surface area contributed by atoms with Crippen LogP contribution in [0.15, 0.2) is 60.2 Å². The summed E-state index contributed by atoms with van der Waals surface area (Å²) in [6.07, 6.45) is -5.33. The Labute approximate surface area is 133 Å². The molecule has 7 heteroatoms. The van der Waals surface area contributed by atoms with Crippen LogP contribution in [0.5, 0.6) is 0 Å². The van der Waals surface area contributed by atoms with Gasteiger partial charge in [-0.2, -0.15) is 13.2 Å². The lowest BCUT2D eigenvalue weighted by Crippen LogP contribution is -2.18. The second-order valence-electron chi connectivity index (χ2n) is 4.77. The van der Waals surface area contributed by atoms with Crippen molar-refractivity contribution in [2.24, 2.45) is 0 Å². The molecule has 0 aromatic heterocycles. The molecule has 0 unspecified atom stereocenters. The summed E-state index contributed by atoms with van der Waals surface area (Å²) in [6, 6.07) is 7.45. The molecule has 0 atom stereocenters. The molecule has 0 aliphatic heterocycles. The monoisotopic (exact) mass is 340 g/mol. The quantitative estimate of drug-likeness (QED) is 0.270. The molecule has 2 nitrogen and oxygen atoms in total. The minimum atomic E-state index is -4.92. The summed E-state index contributed by atoms with van der Waals surface area (Å²) < 4.78 is 63.8. The molecule has 0 aliphatic rings. The molecule has 24 heavy (non-hydrogen) atoms. The molecule has 2 aromatic carbocycles. The SMILES string of the molecule is O=C(C(=CC(F)(F)F)C(=O)c1ccc(F)cc1)c1ccc(F)cc1. The summed E-state index contributed by atoms with van der Waals surface area (Å²) >= 11 is 0. The summed E-state index contributed by atoms with van der Waals surface area (Å²) in [4.78, 5) is 24.5. The molecule has 0 amide bonds. The van der Waals surface area contributed by atoms with Crippen molar-refractivity contribution in [3.8, 4) is 0 Å². The first kappa shape index (κ1) is 17.5. The smallest absolute Gasteiger partial charge is 0.288 e. The van der Waals surface area contributed by atoms with Gasteiger partial charge in [0.1, 0.15) is 11.6 Å². The fourth-order valence-corrected chi connectivity index (χ4v) is 1.91. The van der Waals surface area contributed by atoms with Crippen LogP contribution in [0.1, 0.15) is 20.7 Å². The maximum Gasteiger partial charge on any atom is 0.410 e. The first-order valence-corrected chi connectivity index (χ1v) is 6.57. The van der Waals surface area contributed by atoms with Crippen molar-refractivity contribution in [2.45, 2.75) is 6.18 Å². The van der Waals surface area contributed by atoms with E-state index in [0.29, 0.717) is 0 Å². The number of rotatable bonds is 4. The second-order valence-corrected chi connectivity index (χ2v) is 4.77. The average Bonchev–Trinajstić information content (AvgIpc) is 2.52. The molecule has 0 N–H and O–H groups in total. The fraction of sp³-hybridized carbons (Fsp3) is 0.0588. The van der Waals surface area contributed by atoms with E-state index in [1.807, 2.05) is 0 Å². The Balaban J connectivity index is 2.47. The largest absolute Gasteiger partial charge is 0.410 e. The summed E-state index contributed by atoms with van der Waals surface area (Å²) in [5, 5.41) is 0. The van der Waals surface area contributed by atoms with Gasteiger partial charge in [0.05, 0.1) is 5.57 Å². The molecule has 0 saturated carbocycles. The van der Waals surface area contributed by atoms with Crippen molar-refractivity contribution in [1.82, 2.24) is 0 Å². The zero-order valence-corrected chi connectivity index (χ0v) is 11.9. The van der Waals surface area contributed by atoms with Crippen molar-refractivity contribution < 1.29 is 31.5 Å². The number of halogens is 5. The van der Waals surface area contributed by atoms with E-state index in [2.05, 4.69) is 0 Å². The van der Waals surface area contributed by atoms with Gasteiger partial charge in [-0.3, -0.25) is 9.59 Å². The van der Waals surface area contributed by atoms with Crippen LogP contribution in [0, 0.1) is 11.6 Å². The highest BCUT2D eigenvalue weighted by Crippen LogP contribution is 2.23. The maximum absolute atomic E-state index is 12.9. The third-order valence-corrected chi connectivity index (χ3v) is 3.01. The van der Waals surface area contributed by atoms with Crippen LogP contribution in [0.3, 0.4) is 0 Å². The topological polar surface area (TPSA) is 34.1 Å². The van der Waals surface area contributed by atoms with Crippen molar-refractivity contribution in [3.05, 3.63) is 82.9 Å². The van der Waals surface area contributed by atoms with Gasteiger partial charge >= 0.3 is 6.18 Å². The lowest BCUT2D eigenvalue weighted by atomic mass is 9.95. The minimum absolute atomic E-state index is 0.276. The van der Waals surface area contributed by atoms with E-state index in [1.54, 1.807) is 0 Å². The van der Waals surface area contributed by atoms with E-state index < -0.39 is 41.0 Å². The number of Topliss-reactive ketones (excluding diaryl/α,β-unsaturated/α-hetero) is 2. The third-order valence-electron chi connectivity index (χ3n) is 3.01. The number of hydrogen-bond donors (Lipinski definition) is 0. The van der Waals surface area contributed by atoms with E-state index in [9.17, 15) is 31.5 Å². The summed E-state index contributed by atoms with van der Waals surface area (Å²) in [7, 11) is 0. The Hall–Kier alpha value is -2.83. The van der Waals surface area contributed by atoms with Crippen LogP contribution in [-0.4, -0.2) is 17.7 Å². The van der Waals surface area contributed by atoms with Gasteiger partial charge in [0.15, 0.2) is 11.6 Å². The van der Waals surface area contributed by atoms with E-state index in [1.165, 1.54) is 0 Å². The van der Waals surface area contributed by atoms with E-state index in [0.717, 1.165) is 48.5 Å². The van der Waals surface area contributed by atoms with Crippen molar-refractivity contribution >= 4 is 11.6 Å². The van der Waals surface area contributed by atoms with Crippen LogP contribution < -0.4 is 0 Å². The highest BCUT2D eigenvalue weighted by atomic mass is 19.4. The highest BCUT2D eigenvalue weighted by Gasteiger charge is 2.31. The second kappa shape index (κ2) is 6.74. The zero-order valence-electron chi connectivity index (χ0n) is 11.9. The van der Waals surface area contributed by atoms with Crippen molar-refractivity contribution in [1.29, 1.82) is 0 Å². The Morgan fingerprint density at radius 3 is 1.33 bits per heavy atom. The molecule has 2 rings (SSSR count). The molecule has 2 aromatic rings. The summed E-state index contributed by atoms with van der Waals surface area (Å²) in [5.41, 5.74) is -1.69. The first-order valence-electron chi connectivity index (χ1n) is 6.57. The van der Waals surface area contributed by atoms with Crippen LogP contribution in [0.25, 0.3) is 0 Å². The number of ketones is 2. The molecule has 0 radical (unpaired) electrons. The van der Waals surface area contributed by atoms with E-state index >= 15 is 0 Å². The van der Waals surface area contributed by atoms with Gasteiger partial charge in [0.2, 0.25) is 0 Å². The lowest BCUT2D eigenvalue weighted by Gasteiger charge is -2.08. The predicted octanol–water partition coefficient (Wildman–Crippen LogP) is 4.52. The molecule has 0 aliphatic carbocycles. The molecular weight excluding hydrogens is 331 g/mol. The van der Waals surface area contributed by atoms with Gasteiger partial charge in [-0.05, 0) is 48.5 Å². The third kappa shape index (κ3) is 4.34. The number of hydrogen-bond acceptors (Lipinski definition) is 2. The fourth-order valence-electron chi connectivity index (χ4n) is 1.91. The molecule has 0 saturated heterocycles. The van der Waals surface area contributed by atoms with Crippen LogP contribution in [0.4, 0.5) is 22.0 Å². The number of carbonyl (C=O) groups excluding carboxylic acids is 2. The Morgan fingerprint density at radius 1 is 0.708 bits per heavy atom. The Morgan fingerprint density at radius 2 is 1.04 bits per heavy atom. The molecule has 0 heterocycles. The Kier molecular flexibility index (Phi) is 4.92. The number of alkyl halides is 3. The summed E-state index contributed by atoms with van der Waals surface area (Å²) in [6.45, 7) is 0. The number of carbonyl (C=O) groups is 2. The normalized spacial score (nSPS) is 11.0. The molecular formula is C17H9F5O2. The van der Waals surface area contributed by atoms with Crippen LogP contribution >= 0.6 is 0 Å². The lowest BCUT2D eigenvalue weighted by molar-refractivity contribution is -0.0803. The molecule has 124 valence electrons. The van der Waals surface area contributed by atoms with Gasteiger partial charge in [0.25, 0.3) is 0 Å². The van der Waals surface area contributed by atoms with E-state index in [4.69, 9.17) is 0 Å². The van der Waals surface area contributed by atoms with Crippen LogP contribution in [-0.2, 0) is 0 Å². The number of allylic oxidation sites excluding steroid dienone is 2. The number of benzene rings is 2. The van der Waals surface area contributed by atoms with Gasteiger partial charge in [-0.15, -0.1) is 0 Å². The van der Waals surface area contributed by atoms with Gasteiger partial charge in [0, 0.05) is 17.2 Å². The van der Waals surface area contributed by atoms with Crippen LogP contribution in [0.2, 0.25) is 0 Å². The van der Waals surface area contributed by atoms with Gasteiger partial charge in [-0.1, -0.05) is 0 Å². The minimum Gasteiger partial charge on any atom is -0.288 e. The predicted molar refractivity (Wildman–Crippen MR) is 75.6 cm³/mol. The molecule has 0 spiro atoms. The van der Waals surface area contributed by atoms with Gasteiger partial charge in [-0.25, -0.2) is 8.78 Å². The van der Waals surface area contributed by atoms with Crippen molar-refractivity contribution in [3.63, 3.8) is 0 Å². The standard InChI is InChI=1S/C17H9F5O2/c18-12-5-1-10(2-6-12)15(23)14(9-17(20,21)22)16(24)11-3-7-13(19)8-4-11/h1-9H.